The number of hydrogen-bond donors (Lipinski definition) is 0. The Morgan fingerprint density at radius 2 is 1.70 bits per heavy atom. The number of aromatic nitrogens is 2. The van der Waals surface area contributed by atoms with E-state index in [4.69, 9.17) is 4.74 Å². The first-order valence-electron chi connectivity index (χ1n) is 12.3. The number of methoxy groups -OCH3 is 1. The van der Waals surface area contributed by atoms with Crippen molar-refractivity contribution in [2.75, 3.05) is 20.2 Å². The summed E-state index contributed by atoms with van der Waals surface area (Å²) in [5, 5.41) is 5.11. The first kappa shape index (κ1) is 24.1. The number of fused-ring (bicyclic) bond motifs is 1. The van der Waals surface area contributed by atoms with E-state index >= 15 is 0 Å². The van der Waals surface area contributed by atoms with E-state index in [9.17, 15) is 17.2 Å². The second-order valence-corrected chi connectivity index (χ2v) is 12.3. The summed E-state index contributed by atoms with van der Waals surface area (Å²) in [6.07, 6.45) is 4.33. The van der Waals surface area contributed by atoms with Gasteiger partial charge in [-0.1, -0.05) is 12.1 Å². The second-order valence-electron chi connectivity index (χ2n) is 10.1. The number of benzene rings is 3. The third-order valence-electron chi connectivity index (χ3n) is 7.61. The van der Waals surface area contributed by atoms with Crippen molar-refractivity contribution in [3.8, 4) is 11.4 Å². The highest BCUT2D eigenvalue weighted by atomic mass is 32.2. The van der Waals surface area contributed by atoms with Crippen LogP contribution in [0.4, 0.5) is 8.78 Å². The molecular formula is C28H27F2N3O3S. The predicted octanol–water partition coefficient (Wildman–Crippen LogP) is 4.99. The van der Waals surface area contributed by atoms with E-state index < -0.39 is 15.4 Å². The van der Waals surface area contributed by atoms with Gasteiger partial charge in [-0.2, -0.15) is 5.10 Å². The van der Waals surface area contributed by atoms with Crippen LogP contribution in [0.15, 0.2) is 66.9 Å². The lowest BCUT2D eigenvalue weighted by Gasteiger charge is -2.32. The van der Waals surface area contributed by atoms with Crippen molar-refractivity contribution < 1.29 is 21.9 Å². The van der Waals surface area contributed by atoms with E-state index in [0.29, 0.717) is 44.5 Å². The zero-order valence-corrected chi connectivity index (χ0v) is 21.2. The van der Waals surface area contributed by atoms with Crippen LogP contribution in [0.2, 0.25) is 0 Å². The van der Waals surface area contributed by atoms with Gasteiger partial charge in [0, 0.05) is 35.5 Å². The van der Waals surface area contributed by atoms with Crippen LogP contribution < -0.4 is 4.74 Å². The lowest BCUT2D eigenvalue weighted by molar-refractivity contribution is 0.371. The SMILES string of the molecule is COc1cc2c(cnn2-c2ccc(F)cc2)cc1C1(Cc2ccc(F)cc2)CCN(S(=O)(=O)C2CC2)C1. The van der Waals surface area contributed by atoms with E-state index in [-0.39, 0.29) is 16.9 Å². The van der Waals surface area contributed by atoms with Crippen LogP contribution >= 0.6 is 0 Å². The molecule has 1 aromatic heterocycles. The third kappa shape index (κ3) is 4.30. The van der Waals surface area contributed by atoms with Gasteiger partial charge in [0.25, 0.3) is 0 Å². The highest BCUT2D eigenvalue weighted by Crippen LogP contribution is 2.46. The molecule has 1 saturated carbocycles. The fourth-order valence-electron chi connectivity index (χ4n) is 5.51. The molecule has 2 fully saturated rings. The summed E-state index contributed by atoms with van der Waals surface area (Å²) in [6, 6.07) is 16.4. The number of nitrogens with zero attached hydrogens (tertiary/aromatic N) is 3. The molecular weight excluding hydrogens is 496 g/mol. The molecule has 1 aliphatic carbocycles. The Labute approximate surface area is 214 Å². The van der Waals surface area contributed by atoms with E-state index in [1.807, 2.05) is 12.1 Å². The molecule has 37 heavy (non-hydrogen) atoms. The minimum absolute atomic E-state index is 0.285. The average molecular weight is 524 g/mol. The van der Waals surface area contributed by atoms with Crippen LogP contribution in [0, 0.1) is 11.6 Å². The maximum absolute atomic E-state index is 13.7. The standard InChI is InChI=1S/C28H27F2N3O3S/c1-36-27-15-26-20(17-31-33(26)23-8-6-22(30)7-9-23)14-25(27)28(16-19-2-4-21(29)5-3-19)12-13-32(18-28)37(34,35)24-10-11-24/h2-9,14-15,17,24H,10-13,16,18H2,1H3. The van der Waals surface area contributed by atoms with Crippen LogP contribution in [-0.4, -0.2) is 48.0 Å². The van der Waals surface area contributed by atoms with Gasteiger partial charge in [-0.05, 0) is 73.7 Å². The number of halogens is 2. The van der Waals surface area contributed by atoms with Crippen molar-refractivity contribution in [2.45, 2.75) is 36.3 Å². The Morgan fingerprint density at radius 3 is 2.35 bits per heavy atom. The molecule has 1 atom stereocenters. The second kappa shape index (κ2) is 8.92. The summed E-state index contributed by atoms with van der Waals surface area (Å²) in [5.74, 6) is -0.00624. The van der Waals surface area contributed by atoms with Crippen molar-refractivity contribution in [1.82, 2.24) is 14.1 Å². The van der Waals surface area contributed by atoms with E-state index in [2.05, 4.69) is 5.10 Å². The van der Waals surface area contributed by atoms with Gasteiger partial charge < -0.3 is 4.74 Å². The predicted molar refractivity (Wildman–Crippen MR) is 137 cm³/mol. The lowest BCUT2D eigenvalue weighted by atomic mass is 9.74. The summed E-state index contributed by atoms with van der Waals surface area (Å²) in [6.45, 7) is 0.757. The van der Waals surface area contributed by atoms with Crippen LogP contribution in [0.3, 0.4) is 0 Å². The van der Waals surface area contributed by atoms with Gasteiger partial charge in [0.15, 0.2) is 0 Å². The summed E-state index contributed by atoms with van der Waals surface area (Å²) >= 11 is 0. The van der Waals surface area contributed by atoms with E-state index in [1.165, 1.54) is 24.3 Å². The van der Waals surface area contributed by atoms with Gasteiger partial charge in [-0.3, -0.25) is 0 Å². The van der Waals surface area contributed by atoms with E-state index in [0.717, 1.165) is 27.7 Å². The quantitative estimate of drug-likeness (QED) is 0.342. The zero-order chi connectivity index (χ0) is 25.8. The third-order valence-corrected chi connectivity index (χ3v) is 9.96. The monoisotopic (exact) mass is 523 g/mol. The first-order chi connectivity index (χ1) is 17.8. The minimum atomic E-state index is -3.36. The topological polar surface area (TPSA) is 64.4 Å². The largest absolute Gasteiger partial charge is 0.496 e. The number of rotatable bonds is 7. The molecule has 1 saturated heterocycles. The highest BCUT2D eigenvalue weighted by Gasteiger charge is 2.49. The maximum atomic E-state index is 13.7. The molecule has 9 heteroatoms. The summed E-state index contributed by atoms with van der Waals surface area (Å²) in [7, 11) is -1.76. The molecule has 6 nitrogen and oxygen atoms in total. The van der Waals surface area contributed by atoms with E-state index in [1.54, 1.807) is 46.6 Å². The van der Waals surface area contributed by atoms with Crippen molar-refractivity contribution >= 4 is 20.9 Å². The normalized spacial score (nSPS) is 20.5. The molecule has 2 aliphatic rings. The van der Waals surface area contributed by atoms with Gasteiger partial charge in [-0.25, -0.2) is 26.2 Å². The number of hydrogen-bond acceptors (Lipinski definition) is 4. The number of ether oxygens (including phenoxy) is 1. The van der Waals surface area contributed by atoms with Gasteiger partial charge in [0.05, 0.1) is 29.8 Å². The summed E-state index contributed by atoms with van der Waals surface area (Å²) in [5.41, 5.74) is 2.78. The molecule has 0 radical (unpaired) electrons. The Morgan fingerprint density at radius 1 is 1.03 bits per heavy atom. The molecule has 1 aliphatic heterocycles. The smallest absolute Gasteiger partial charge is 0.217 e. The van der Waals surface area contributed by atoms with Crippen molar-refractivity contribution in [3.05, 3.63) is 89.6 Å². The van der Waals surface area contributed by atoms with Crippen LogP contribution in [0.5, 0.6) is 5.75 Å². The van der Waals surface area contributed by atoms with Gasteiger partial charge in [-0.15, -0.1) is 0 Å². The lowest BCUT2D eigenvalue weighted by Crippen LogP contribution is -2.37. The Hall–Kier alpha value is -3.30. The minimum Gasteiger partial charge on any atom is -0.496 e. The van der Waals surface area contributed by atoms with Crippen LogP contribution in [0.1, 0.15) is 30.4 Å². The molecule has 4 aromatic rings. The fourth-order valence-corrected chi connectivity index (χ4v) is 7.43. The Bertz CT molecular complexity index is 1570. The molecule has 2 heterocycles. The molecule has 0 N–H and O–H groups in total. The van der Waals surface area contributed by atoms with Gasteiger partial charge in [0.1, 0.15) is 17.4 Å². The van der Waals surface area contributed by atoms with Crippen LogP contribution in [0.25, 0.3) is 16.6 Å². The Balaban J connectivity index is 1.46. The van der Waals surface area contributed by atoms with Gasteiger partial charge in [0.2, 0.25) is 10.0 Å². The Kier molecular flexibility index (Phi) is 5.80. The maximum Gasteiger partial charge on any atom is 0.217 e. The van der Waals surface area contributed by atoms with Crippen LogP contribution in [-0.2, 0) is 21.9 Å². The molecule has 0 spiro atoms. The fraction of sp³-hybridized carbons (Fsp3) is 0.321. The summed E-state index contributed by atoms with van der Waals surface area (Å²) in [4.78, 5) is 0. The van der Waals surface area contributed by atoms with Crippen molar-refractivity contribution in [1.29, 1.82) is 0 Å². The molecule has 3 aromatic carbocycles. The zero-order valence-electron chi connectivity index (χ0n) is 20.4. The van der Waals surface area contributed by atoms with Crippen molar-refractivity contribution in [2.24, 2.45) is 0 Å². The molecule has 1 unspecified atom stereocenters. The highest BCUT2D eigenvalue weighted by molar-refractivity contribution is 7.90. The first-order valence-corrected chi connectivity index (χ1v) is 13.8. The number of sulfonamides is 1. The van der Waals surface area contributed by atoms with Gasteiger partial charge >= 0.3 is 0 Å². The molecule has 0 bridgehead atoms. The molecule has 6 rings (SSSR count). The summed E-state index contributed by atoms with van der Waals surface area (Å²) < 4.78 is 62.7. The van der Waals surface area contributed by atoms with Crippen molar-refractivity contribution in [3.63, 3.8) is 0 Å². The molecule has 0 amide bonds. The molecule has 192 valence electrons. The average Bonchev–Trinajstić information content (AvgIpc) is 3.55.